The van der Waals surface area contributed by atoms with Gasteiger partial charge >= 0.3 is 0 Å². The van der Waals surface area contributed by atoms with Gasteiger partial charge in [0.05, 0.1) is 18.9 Å². The van der Waals surface area contributed by atoms with Gasteiger partial charge in [-0.1, -0.05) is 0 Å². The van der Waals surface area contributed by atoms with Crippen LogP contribution in [0.4, 0.5) is 0 Å². The van der Waals surface area contributed by atoms with Crippen molar-refractivity contribution in [1.82, 2.24) is 29.5 Å². The Kier molecular flexibility index (Phi) is 4.46. The van der Waals surface area contributed by atoms with Crippen LogP contribution in [0.15, 0.2) is 31.0 Å². The first-order valence-corrected chi connectivity index (χ1v) is 8.56. The van der Waals surface area contributed by atoms with Crippen LogP contribution in [-0.2, 0) is 18.3 Å². The molecule has 0 aliphatic carbocycles. The third-order valence-electron chi connectivity index (χ3n) is 4.87. The molecule has 0 radical (unpaired) electrons. The van der Waals surface area contributed by atoms with Crippen LogP contribution < -0.4 is 0 Å². The summed E-state index contributed by atoms with van der Waals surface area (Å²) >= 11 is 0. The second-order valence-corrected chi connectivity index (χ2v) is 6.73. The van der Waals surface area contributed by atoms with Gasteiger partial charge in [0.25, 0.3) is 5.91 Å². The quantitative estimate of drug-likeness (QED) is 0.792. The predicted octanol–water partition coefficient (Wildman–Crippen LogP) is 0.183. The molecule has 8 heteroatoms. The number of fused-ring (bicyclic) bond motifs is 1. The SMILES string of the molecule is Cn1cc(CN2CCO[C@@H]3CN(C(=O)c4ccncn4)C[C@@H]3C2)cn1. The van der Waals surface area contributed by atoms with E-state index in [1.807, 2.05) is 29.0 Å². The number of aromatic nitrogens is 4. The molecular weight excluding hydrogens is 320 g/mol. The van der Waals surface area contributed by atoms with Crippen molar-refractivity contribution in [1.29, 1.82) is 0 Å². The average Bonchev–Trinajstić information content (AvgIpc) is 3.16. The van der Waals surface area contributed by atoms with E-state index in [0.29, 0.717) is 31.3 Å². The first-order valence-electron chi connectivity index (χ1n) is 8.56. The molecule has 2 aromatic heterocycles. The lowest BCUT2D eigenvalue weighted by atomic mass is 10.1. The number of hydrogen-bond acceptors (Lipinski definition) is 6. The number of ether oxygens (including phenoxy) is 1. The van der Waals surface area contributed by atoms with Crippen LogP contribution in [-0.4, -0.2) is 74.3 Å². The van der Waals surface area contributed by atoms with Gasteiger partial charge in [0.2, 0.25) is 0 Å². The molecule has 4 heterocycles. The van der Waals surface area contributed by atoms with Crippen LogP contribution in [0, 0.1) is 5.92 Å². The van der Waals surface area contributed by atoms with E-state index in [1.165, 1.54) is 11.9 Å². The Morgan fingerprint density at radius 2 is 2.28 bits per heavy atom. The summed E-state index contributed by atoms with van der Waals surface area (Å²) in [4.78, 5) is 24.8. The standard InChI is InChI=1S/C17H22N6O2/c1-21-7-13(6-20-21)8-22-4-5-25-16-11-23(10-14(16)9-22)17(24)15-2-3-18-12-19-15/h2-3,6-7,12,14,16H,4-5,8-11H2,1H3/t14-,16+/m0/s1. The predicted molar refractivity (Wildman–Crippen MR) is 89.7 cm³/mol. The summed E-state index contributed by atoms with van der Waals surface area (Å²) in [5.74, 6) is 0.280. The molecular formula is C17H22N6O2. The molecule has 2 fully saturated rings. The number of rotatable bonds is 3. The van der Waals surface area contributed by atoms with Crippen LogP contribution >= 0.6 is 0 Å². The molecule has 0 aromatic carbocycles. The van der Waals surface area contributed by atoms with Crippen molar-refractivity contribution < 1.29 is 9.53 Å². The van der Waals surface area contributed by atoms with Crippen LogP contribution in [0.1, 0.15) is 16.1 Å². The molecule has 0 saturated carbocycles. The van der Waals surface area contributed by atoms with E-state index < -0.39 is 0 Å². The lowest BCUT2D eigenvalue weighted by molar-refractivity contribution is 0.0482. The van der Waals surface area contributed by atoms with Gasteiger partial charge < -0.3 is 9.64 Å². The van der Waals surface area contributed by atoms with Crippen molar-refractivity contribution in [2.24, 2.45) is 13.0 Å². The van der Waals surface area contributed by atoms with Gasteiger partial charge in [-0.15, -0.1) is 0 Å². The van der Waals surface area contributed by atoms with Crippen molar-refractivity contribution in [3.63, 3.8) is 0 Å². The minimum atomic E-state index is -0.0436. The number of carbonyl (C=O) groups excluding carboxylic acids is 1. The highest BCUT2D eigenvalue weighted by atomic mass is 16.5. The third-order valence-corrected chi connectivity index (χ3v) is 4.87. The van der Waals surface area contributed by atoms with Crippen molar-refractivity contribution in [2.45, 2.75) is 12.6 Å². The molecule has 4 rings (SSSR count). The fourth-order valence-electron chi connectivity index (χ4n) is 3.66. The summed E-state index contributed by atoms with van der Waals surface area (Å²) in [5, 5.41) is 4.23. The summed E-state index contributed by atoms with van der Waals surface area (Å²) in [6.45, 7) is 4.72. The van der Waals surface area contributed by atoms with Gasteiger partial charge in [-0.3, -0.25) is 14.4 Å². The maximum Gasteiger partial charge on any atom is 0.272 e. The summed E-state index contributed by atoms with van der Waals surface area (Å²) in [5.41, 5.74) is 1.64. The molecule has 0 unspecified atom stereocenters. The minimum Gasteiger partial charge on any atom is -0.375 e. The Balaban J connectivity index is 1.41. The largest absolute Gasteiger partial charge is 0.375 e. The molecule has 1 amide bonds. The molecule has 0 bridgehead atoms. The first-order chi connectivity index (χ1) is 12.2. The number of aryl methyl sites for hydroxylation is 1. The highest BCUT2D eigenvalue weighted by Crippen LogP contribution is 2.25. The van der Waals surface area contributed by atoms with E-state index in [1.54, 1.807) is 12.3 Å². The first kappa shape index (κ1) is 16.2. The highest BCUT2D eigenvalue weighted by Gasteiger charge is 2.39. The lowest BCUT2D eigenvalue weighted by Gasteiger charge is -2.22. The van der Waals surface area contributed by atoms with Crippen LogP contribution in [0.25, 0.3) is 0 Å². The Bertz CT molecular complexity index is 734. The monoisotopic (exact) mass is 342 g/mol. The second kappa shape index (κ2) is 6.89. The Morgan fingerprint density at radius 3 is 3.04 bits per heavy atom. The van der Waals surface area contributed by atoms with Crippen LogP contribution in [0.2, 0.25) is 0 Å². The van der Waals surface area contributed by atoms with Crippen molar-refractivity contribution in [3.8, 4) is 0 Å². The number of carbonyl (C=O) groups is 1. The van der Waals surface area contributed by atoms with Gasteiger partial charge in [0.1, 0.15) is 12.0 Å². The fourth-order valence-corrected chi connectivity index (χ4v) is 3.66. The molecule has 132 valence electrons. The molecule has 0 spiro atoms. The molecule has 2 aliphatic rings. The molecule has 8 nitrogen and oxygen atoms in total. The molecule has 2 saturated heterocycles. The van der Waals surface area contributed by atoms with E-state index in [-0.39, 0.29) is 12.0 Å². The minimum absolute atomic E-state index is 0.0436. The van der Waals surface area contributed by atoms with E-state index in [2.05, 4.69) is 20.0 Å². The summed E-state index contributed by atoms with van der Waals surface area (Å²) in [6.07, 6.45) is 7.06. The van der Waals surface area contributed by atoms with Gasteiger partial charge in [0.15, 0.2) is 0 Å². The third kappa shape index (κ3) is 3.54. The van der Waals surface area contributed by atoms with E-state index in [9.17, 15) is 4.79 Å². The van der Waals surface area contributed by atoms with E-state index in [4.69, 9.17) is 4.74 Å². The van der Waals surface area contributed by atoms with Crippen molar-refractivity contribution >= 4 is 5.91 Å². The number of amides is 1. The summed E-state index contributed by atoms with van der Waals surface area (Å²) < 4.78 is 7.85. The van der Waals surface area contributed by atoms with Crippen LogP contribution in [0.5, 0.6) is 0 Å². The Morgan fingerprint density at radius 1 is 1.36 bits per heavy atom. The number of nitrogens with zero attached hydrogens (tertiary/aromatic N) is 6. The zero-order valence-electron chi connectivity index (χ0n) is 14.3. The smallest absolute Gasteiger partial charge is 0.272 e. The zero-order chi connectivity index (χ0) is 17.2. The van der Waals surface area contributed by atoms with Gasteiger partial charge in [0, 0.05) is 63.6 Å². The Hall–Kier alpha value is -2.32. The topological polar surface area (TPSA) is 76.4 Å². The van der Waals surface area contributed by atoms with Gasteiger partial charge in [-0.25, -0.2) is 9.97 Å². The number of likely N-dealkylation sites (tertiary alicyclic amines) is 1. The Labute approximate surface area is 146 Å². The second-order valence-electron chi connectivity index (χ2n) is 6.73. The fraction of sp³-hybridized carbons (Fsp3) is 0.529. The maximum atomic E-state index is 12.6. The average molecular weight is 342 g/mol. The van der Waals surface area contributed by atoms with E-state index in [0.717, 1.165) is 19.6 Å². The van der Waals surface area contributed by atoms with Gasteiger partial charge in [-0.2, -0.15) is 5.10 Å². The zero-order valence-corrected chi connectivity index (χ0v) is 14.3. The molecule has 25 heavy (non-hydrogen) atoms. The lowest BCUT2D eigenvalue weighted by Crippen LogP contribution is -2.34. The summed E-state index contributed by atoms with van der Waals surface area (Å²) in [6, 6.07) is 1.66. The maximum absolute atomic E-state index is 12.6. The molecule has 2 aliphatic heterocycles. The van der Waals surface area contributed by atoms with E-state index >= 15 is 0 Å². The van der Waals surface area contributed by atoms with Crippen LogP contribution in [0.3, 0.4) is 0 Å². The van der Waals surface area contributed by atoms with Gasteiger partial charge in [-0.05, 0) is 6.07 Å². The van der Waals surface area contributed by atoms with Crippen molar-refractivity contribution in [2.75, 3.05) is 32.8 Å². The molecule has 2 atom stereocenters. The molecule has 0 N–H and O–H groups in total. The normalized spacial score (nSPS) is 24.1. The highest BCUT2D eigenvalue weighted by molar-refractivity contribution is 5.92. The molecule has 2 aromatic rings. The van der Waals surface area contributed by atoms with Crippen molar-refractivity contribution in [3.05, 3.63) is 42.2 Å². The summed E-state index contributed by atoms with van der Waals surface area (Å²) in [7, 11) is 1.93. The number of hydrogen-bond donors (Lipinski definition) is 0.